The Bertz CT molecular complexity index is 303. The highest BCUT2D eigenvalue weighted by atomic mass is 32.2. The second-order valence-corrected chi connectivity index (χ2v) is 4.08. The Labute approximate surface area is 99.4 Å². The zero-order chi connectivity index (χ0) is 11.8. The molecule has 1 atom stereocenters. The number of imidazole rings is 1. The van der Waals surface area contributed by atoms with Crippen LogP contribution in [0.15, 0.2) is 17.6 Å². The van der Waals surface area contributed by atoms with Crippen LogP contribution >= 0.6 is 11.8 Å². The van der Waals surface area contributed by atoms with Crippen molar-refractivity contribution in [2.45, 2.75) is 25.0 Å². The molecule has 0 saturated carbocycles. The third-order valence-electron chi connectivity index (χ3n) is 1.88. The van der Waals surface area contributed by atoms with Crippen molar-refractivity contribution in [1.82, 2.24) is 15.3 Å². The first kappa shape index (κ1) is 13.1. The Morgan fingerprint density at radius 1 is 1.69 bits per heavy atom. The number of aromatic amines is 1. The van der Waals surface area contributed by atoms with Crippen molar-refractivity contribution in [3.8, 4) is 0 Å². The number of esters is 1. The molecule has 0 aromatic carbocycles. The first-order valence-corrected chi connectivity index (χ1v) is 6.28. The molecule has 0 bridgehead atoms. The number of H-pyrrole nitrogens is 1. The molecule has 0 aliphatic heterocycles. The summed E-state index contributed by atoms with van der Waals surface area (Å²) >= 11 is 1.50. The summed E-state index contributed by atoms with van der Waals surface area (Å²) in [7, 11) is 0. The van der Waals surface area contributed by atoms with Gasteiger partial charge in [-0.25, -0.2) is 4.98 Å². The van der Waals surface area contributed by atoms with Gasteiger partial charge in [0.15, 0.2) is 5.16 Å². The van der Waals surface area contributed by atoms with Crippen LogP contribution in [0.25, 0.3) is 0 Å². The van der Waals surface area contributed by atoms with Crippen molar-refractivity contribution in [2.75, 3.05) is 18.9 Å². The number of nitrogens with one attached hydrogen (secondary N) is 2. The van der Waals surface area contributed by atoms with Crippen LogP contribution < -0.4 is 5.32 Å². The maximum absolute atomic E-state index is 11.6. The van der Waals surface area contributed by atoms with Crippen molar-refractivity contribution in [3.05, 3.63) is 12.4 Å². The van der Waals surface area contributed by atoms with E-state index >= 15 is 0 Å². The summed E-state index contributed by atoms with van der Waals surface area (Å²) in [6, 6.07) is -0.278. The molecular weight excluding hydrogens is 226 g/mol. The predicted molar refractivity (Wildman–Crippen MR) is 63.4 cm³/mol. The lowest BCUT2D eigenvalue weighted by Crippen LogP contribution is -2.40. The fourth-order valence-corrected chi connectivity index (χ4v) is 2.06. The number of rotatable bonds is 7. The van der Waals surface area contributed by atoms with Gasteiger partial charge in [0.05, 0.1) is 6.61 Å². The minimum absolute atomic E-state index is 0.205. The van der Waals surface area contributed by atoms with Gasteiger partial charge in [0.1, 0.15) is 6.04 Å². The van der Waals surface area contributed by atoms with Crippen LogP contribution in [0, 0.1) is 0 Å². The van der Waals surface area contributed by atoms with E-state index in [2.05, 4.69) is 15.3 Å². The van der Waals surface area contributed by atoms with Crippen molar-refractivity contribution in [3.63, 3.8) is 0 Å². The summed E-state index contributed by atoms with van der Waals surface area (Å²) in [6.07, 6.45) is 3.45. The Balaban J connectivity index is 2.41. The van der Waals surface area contributed by atoms with E-state index in [1.807, 2.05) is 6.92 Å². The van der Waals surface area contributed by atoms with Gasteiger partial charge in [-0.1, -0.05) is 18.7 Å². The minimum Gasteiger partial charge on any atom is -0.465 e. The van der Waals surface area contributed by atoms with Crippen molar-refractivity contribution in [2.24, 2.45) is 0 Å². The fraction of sp³-hybridized carbons (Fsp3) is 0.600. The number of thioether (sulfide) groups is 1. The topological polar surface area (TPSA) is 67.0 Å². The van der Waals surface area contributed by atoms with E-state index in [-0.39, 0.29) is 12.0 Å². The predicted octanol–water partition coefficient (Wildman–Crippen LogP) is 1.04. The highest BCUT2D eigenvalue weighted by Crippen LogP contribution is 2.13. The van der Waals surface area contributed by atoms with E-state index in [0.29, 0.717) is 12.4 Å². The molecular formula is C10H17N3O2S. The minimum atomic E-state index is -0.278. The monoisotopic (exact) mass is 243 g/mol. The molecule has 1 aromatic heterocycles. The molecule has 0 amide bonds. The number of hydrogen-bond donors (Lipinski definition) is 2. The SMILES string of the molecule is CCNC(CSc1ncc[nH]1)C(=O)OCC. The molecule has 16 heavy (non-hydrogen) atoms. The van der Waals surface area contributed by atoms with Crippen LogP contribution in [0.3, 0.4) is 0 Å². The summed E-state index contributed by atoms with van der Waals surface area (Å²) < 4.78 is 4.98. The summed E-state index contributed by atoms with van der Waals surface area (Å²) in [6.45, 7) is 4.92. The second-order valence-electron chi connectivity index (χ2n) is 3.07. The highest BCUT2D eigenvalue weighted by molar-refractivity contribution is 7.99. The van der Waals surface area contributed by atoms with E-state index in [9.17, 15) is 4.79 Å². The van der Waals surface area contributed by atoms with Crippen LogP contribution in [0.4, 0.5) is 0 Å². The fourth-order valence-electron chi connectivity index (χ4n) is 1.19. The van der Waals surface area contributed by atoms with Gasteiger partial charge < -0.3 is 15.0 Å². The number of aromatic nitrogens is 2. The number of hydrogen-bond acceptors (Lipinski definition) is 5. The third-order valence-corrected chi connectivity index (χ3v) is 2.88. The first-order chi connectivity index (χ1) is 7.77. The summed E-state index contributed by atoms with van der Waals surface area (Å²) in [5.74, 6) is 0.406. The average Bonchev–Trinajstić information content (AvgIpc) is 2.77. The molecule has 0 fully saturated rings. The largest absolute Gasteiger partial charge is 0.465 e. The number of ether oxygens (including phenoxy) is 1. The van der Waals surface area contributed by atoms with Crippen LogP contribution in [-0.4, -0.2) is 40.9 Å². The average molecular weight is 243 g/mol. The molecule has 0 spiro atoms. The molecule has 1 unspecified atom stereocenters. The lowest BCUT2D eigenvalue weighted by Gasteiger charge is -2.14. The van der Waals surface area contributed by atoms with Gasteiger partial charge in [-0.3, -0.25) is 4.79 Å². The van der Waals surface area contributed by atoms with Crippen molar-refractivity contribution < 1.29 is 9.53 Å². The van der Waals surface area contributed by atoms with E-state index in [1.165, 1.54) is 11.8 Å². The van der Waals surface area contributed by atoms with Crippen LogP contribution in [0.1, 0.15) is 13.8 Å². The molecule has 90 valence electrons. The number of carbonyl (C=O) groups is 1. The number of likely N-dealkylation sites (N-methyl/N-ethyl adjacent to an activating group) is 1. The third kappa shape index (κ3) is 4.24. The Morgan fingerprint density at radius 3 is 3.06 bits per heavy atom. The van der Waals surface area contributed by atoms with Gasteiger partial charge in [-0.05, 0) is 13.5 Å². The molecule has 1 aromatic rings. The van der Waals surface area contributed by atoms with Crippen LogP contribution in [0.5, 0.6) is 0 Å². The quantitative estimate of drug-likeness (QED) is 0.553. The summed E-state index contributed by atoms with van der Waals surface area (Å²) in [5, 5.41) is 3.90. The molecule has 0 saturated heterocycles. The van der Waals surface area contributed by atoms with Crippen LogP contribution in [0.2, 0.25) is 0 Å². The van der Waals surface area contributed by atoms with Gasteiger partial charge in [-0.2, -0.15) is 0 Å². The number of carbonyl (C=O) groups excluding carboxylic acids is 1. The molecule has 0 aliphatic rings. The van der Waals surface area contributed by atoms with Gasteiger partial charge in [0, 0.05) is 18.1 Å². The first-order valence-electron chi connectivity index (χ1n) is 5.30. The molecule has 2 N–H and O–H groups in total. The Kier molecular flexibility index (Phi) is 5.95. The smallest absolute Gasteiger partial charge is 0.323 e. The Hall–Kier alpha value is -1.01. The van der Waals surface area contributed by atoms with E-state index in [1.54, 1.807) is 19.3 Å². The molecule has 1 rings (SSSR count). The van der Waals surface area contributed by atoms with E-state index in [4.69, 9.17) is 4.74 Å². The van der Waals surface area contributed by atoms with E-state index in [0.717, 1.165) is 11.7 Å². The van der Waals surface area contributed by atoms with Gasteiger partial charge in [-0.15, -0.1) is 0 Å². The molecule has 0 aliphatic carbocycles. The highest BCUT2D eigenvalue weighted by Gasteiger charge is 2.18. The lowest BCUT2D eigenvalue weighted by molar-refractivity contribution is -0.144. The lowest BCUT2D eigenvalue weighted by atomic mass is 10.3. The maximum atomic E-state index is 11.6. The van der Waals surface area contributed by atoms with E-state index < -0.39 is 0 Å². The maximum Gasteiger partial charge on any atom is 0.323 e. The van der Waals surface area contributed by atoms with Gasteiger partial charge in [0.2, 0.25) is 0 Å². The zero-order valence-electron chi connectivity index (χ0n) is 9.53. The van der Waals surface area contributed by atoms with Gasteiger partial charge in [0.25, 0.3) is 0 Å². The van der Waals surface area contributed by atoms with Crippen molar-refractivity contribution in [1.29, 1.82) is 0 Å². The van der Waals surface area contributed by atoms with Gasteiger partial charge >= 0.3 is 5.97 Å². The molecule has 6 heteroatoms. The summed E-state index contributed by atoms with van der Waals surface area (Å²) in [4.78, 5) is 18.6. The summed E-state index contributed by atoms with van der Waals surface area (Å²) in [5.41, 5.74) is 0. The second kappa shape index (κ2) is 7.29. The molecule has 1 heterocycles. The molecule has 0 radical (unpaired) electrons. The normalized spacial score (nSPS) is 12.4. The standard InChI is InChI=1S/C10H17N3O2S/c1-3-11-8(9(14)15-4-2)7-16-10-12-5-6-13-10/h5-6,8,11H,3-4,7H2,1-2H3,(H,12,13). The molecule has 5 nitrogen and oxygen atoms in total. The van der Waals surface area contributed by atoms with Crippen LogP contribution in [-0.2, 0) is 9.53 Å². The number of nitrogens with zero attached hydrogens (tertiary/aromatic N) is 1. The zero-order valence-corrected chi connectivity index (χ0v) is 10.3. The Morgan fingerprint density at radius 2 is 2.50 bits per heavy atom. The van der Waals surface area contributed by atoms with Crippen molar-refractivity contribution >= 4 is 17.7 Å².